The van der Waals surface area contributed by atoms with Crippen LogP contribution >= 0.6 is 22.9 Å². The average molecular weight is 346 g/mol. The molecule has 0 aliphatic heterocycles. The summed E-state index contributed by atoms with van der Waals surface area (Å²) in [6.45, 7) is 0. The molecule has 0 saturated heterocycles. The summed E-state index contributed by atoms with van der Waals surface area (Å²) in [7, 11) is 0. The standard InChI is InChI=1S/C17H16ClN3OS/c18-14-3-1-12(2-4-14)17(13-7-8-23-10-13)21-16(22)6-5-15-9-19-11-20-15/h1-4,7-11,17H,5-6H2,(H,19,20)(H,21,22). The molecule has 0 aliphatic carbocycles. The van der Waals surface area contributed by atoms with Crippen LogP contribution in [0.1, 0.15) is 29.3 Å². The predicted molar refractivity (Wildman–Crippen MR) is 92.7 cm³/mol. The van der Waals surface area contributed by atoms with Gasteiger partial charge in [0.05, 0.1) is 12.4 Å². The molecule has 2 N–H and O–H groups in total. The topological polar surface area (TPSA) is 57.8 Å². The van der Waals surface area contributed by atoms with Crippen LogP contribution in [-0.2, 0) is 11.2 Å². The zero-order chi connectivity index (χ0) is 16.1. The first-order valence-corrected chi connectivity index (χ1v) is 8.58. The Morgan fingerprint density at radius 3 is 2.74 bits per heavy atom. The number of aromatic nitrogens is 2. The lowest BCUT2D eigenvalue weighted by atomic mass is 10.0. The second-order valence-corrected chi connectivity index (χ2v) is 6.40. The summed E-state index contributed by atoms with van der Waals surface area (Å²) < 4.78 is 0. The summed E-state index contributed by atoms with van der Waals surface area (Å²) in [6.07, 6.45) is 4.41. The molecule has 1 aromatic carbocycles. The fourth-order valence-corrected chi connectivity index (χ4v) is 3.17. The molecular formula is C17H16ClN3OS. The number of carbonyl (C=O) groups excluding carboxylic acids is 1. The van der Waals surface area contributed by atoms with Crippen molar-refractivity contribution in [1.29, 1.82) is 0 Å². The maximum atomic E-state index is 12.3. The van der Waals surface area contributed by atoms with Crippen LogP contribution in [0.4, 0.5) is 0 Å². The number of carbonyl (C=O) groups is 1. The van der Waals surface area contributed by atoms with Gasteiger partial charge in [-0.3, -0.25) is 4.79 Å². The number of thiophene rings is 1. The van der Waals surface area contributed by atoms with E-state index in [0.29, 0.717) is 17.9 Å². The van der Waals surface area contributed by atoms with Crippen LogP contribution in [0.15, 0.2) is 53.6 Å². The molecular weight excluding hydrogens is 330 g/mol. The van der Waals surface area contributed by atoms with Crippen molar-refractivity contribution in [3.63, 3.8) is 0 Å². The Labute approximate surface area is 143 Å². The number of nitrogens with one attached hydrogen (secondary N) is 2. The zero-order valence-corrected chi connectivity index (χ0v) is 13.9. The van der Waals surface area contributed by atoms with E-state index in [4.69, 9.17) is 11.6 Å². The molecule has 2 heterocycles. The Kier molecular flexibility index (Phi) is 5.10. The van der Waals surface area contributed by atoms with Gasteiger partial charge in [0.2, 0.25) is 5.91 Å². The minimum Gasteiger partial charge on any atom is -0.348 e. The first-order valence-electron chi connectivity index (χ1n) is 7.26. The molecule has 3 rings (SSSR count). The van der Waals surface area contributed by atoms with Gasteiger partial charge in [0.25, 0.3) is 0 Å². The molecule has 118 valence electrons. The second kappa shape index (κ2) is 7.44. The molecule has 0 radical (unpaired) electrons. The molecule has 6 heteroatoms. The molecule has 0 aliphatic rings. The summed E-state index contributed by atoms with van der Waals surface area (Å²) in [4.78, 5) is 19.3. The Bertz CT molecular complexity index is 739. The summed E-state index contributed by atoms with van der Waals surface area (Å²) in [5.74, 6) is 0.00532. The van der Waals surface area contributed by atoms with Gasteiger partial charge in [0.15, 0.2) is 0 Å². The normalized spacial score (nSPS) is 12.0. The van der Waals surface area contributed by atoms with Crippen molar-refractivity contribution in [1.82, 2.24) is 15.3 Å². The lowest BCUT2D eigenvalue weighted by Gasteiger charge is -2.18. The van der Waals surface area contributed by atoms with Gasteiger partial charge in [0.1, 0.15) is 0 Å². The predicted octanol–water partition coefficient (Wildman–Crippen LogP) is 3.96. The highest BCUT2D eigenvalue weighted by Crippen LogP contribution is 2.25. The summed E-state index contributed by atoms with van der Waals surface area (Å²) >= 11 is 7.57. The van der Waals surface area contributed by atoms with E-state index in [1.807, 2.05) is 35.7 Å². The van der Waals surface area contributed by atoms with Gasteiger partial charge in [0, 0.05) is 23.3 Å². The number of aromatic amines is 1. The molecule has 2 aromatic heterocycles. The van der Waals surface area contributed by atoms with Gasteiger partial charge in [-0.1, -0.05) is 23.7 Å². The van der Waals surface area contributed by atoms with Gasteiger partial charge in [-0.2, -0.15) is 11.3 Å². The number of imidazole rings is 1. The molecule has 0 saturated carbocycles. The Balaban J connectivity index is 1.71. The Morgan fingerprint density at radius 2 is 2.09 bits per heavy atom. The summed E-state index contributed by atoms with van der Waals surface area (Å²) in [5.41, 5.74) is 3.05. The van der Waals surface area contributed by atoms with Gasteiger partial charge >= 0.3 is 0 Å². The van der Waals surface area contributed by atoms with E-state index in [-0.39, 0.29) is 11.9 Å². The number of aryl methyl sites for hydroxylation is 1. The van der Waals surface area contributed by atoms with Crippen LogP contribution < -0.4 is 5.32 Å². The number of rotatable bonds is 6. The summed E-state index contributed by atoms with van der Waals surface area (Å²) in [6, 6.07) is 9.44. The summed E-state index contributed by atoms with van der Waals surface area (Å²) in [5, 5.41) is 7.85. The minimum atomic E-state index is -0.159. The zero-order valence-electron chi connectivity index (χ0n) is 12.3. The van der Waals surface area contributed by atoms with Crippen molar-refractivity contribution < 1.29 is 4.79 Å². The Hall–Kier alpha value is -2.11. The maximum absolute atomic E-state index is 12.3. The highest BCUT2D eigenvalue weighted by molar-refractivity contribution is 7.08. The molecule has 3 aromatic rings. The third-order valence-corrected chi connectivity index (χ3v) is 4.51. The fraction of sp³-hybridized carbons (Fsp3) is 0.176. The highest BCUT2D eigenvalue weighted by Gasteiger charge is 2.17. The SMILES string of the molecule is O=C(CCc1cnc[nH]1)NC(c1ccc(Cl)cc1)c1ccsc1. The van der Waals surface area contributed by atoms with E-state index in [9.17, 15) is 4.79 Å². The molecule has 1 amide bonds. The van der Waals surface area contributed by atoms with E-state index in [1.54, 1.807) is 23.9 Å². The van der Waals surface area contributed by atoms with E-state index >= 15 is 0 Å². The quantitative estimate of drug-likeness (QED) is 0.710. The number of halogens is 1. The molecule has 4 nitrogen and oxygen atoms in total. The van der Waals surface area contributed by atoms with Crippen molar-refractivity contribution >= 4 is 28.8 Å². The maximum Gasteiger partial charge on any atom is 0.221 e. The molecule has 1 atom stereocenters. The first kappa shape index (κ1) is 15.8. The van der Waals surface area contributed by atoms with Crippen LogP contribution in [0.3, 0.4) is 0 Å². The first-order chi connectivity index (χ1) is 11.2. The van der Waals surface area contributed by atoms with Gasteiger partial charge in [-0.15, -0.1) is 0 Å². The van der Waals surface area contributed by atoms with E-state index in [2.05, 4.69) is 20.7 Å². The number of benzene rings is 1. The second-order valence-electron chi connectivity index (χ2n) is 5.19. The molecule has 0 fully saturated rings. The van der Waals surface area contributed by atoms with Crippen molar-refractivity contribution in [3.8, 4) is 0 Å². The fourth-order valence-electron chi connectivity index (χ4n) is 2.36. The third kappa shape index (κ3) is 4.21. The van der Waals surface area contributed by atoms with Crippen LogP contribution in [0.2, 0.25) is 5.02 Å². The molecule has 23 heavy (non-hydrogen) atoms. The van der Waals surface area contributed by atoms with Crippen LogP contribution in [0.25, 0.3) is 0 Å². The van der Waals surface area contributed by atoms with E-state index in [0.717, 1.165) is 16.8 Å². The lowest BCUT2D eigenvalue weighted by Crippen LogP contribution is -2.29. The molecule has 0 spiro atoms. The van der Waals surface area contributed by atoms with Crippen molar-refractivity contribution in [2.45, 2.75) is 18.9 Å². The Morgan fingerprint density at radius 1 is 1.26 bits per heavy atom. The van der Waals surface area contributed by atoms with Gasteiger partial charge in [-0.05, 0) is 46.5 Å². The smallest absolute Gasteiger partial charge is 0.221 e. The number of hydrogen-bond donors (Lipinski definition) is 2. The number of nitrogens with zero attached hydrogens (tertiary/aromatic N) is 1. The van der Waals surface area contributed by atoms with Crippen molar-refractivity contribution in [2.75, 3.05) is 0 Å². The van der Waals surface area contributed by atoms with Crippen LogP contribution in [0, 0.1) is 0 Å². The highest BCUT2D eigenvalue weighted by atomic mass is 35.5. The molecule has 1 unspecified atom stereocenters. The minimum absolute atomic E-state index is 0.00532. The largest absolute Gasteiger partial charge is 0.348 e. The van der Waals surface area contributed by atoms with Crippen LogP contribution in [-0.4, -0.2) is 15.9 Å². The van der Waals surface area contributed by atoms with Gasteiger partial charge < -0.3 is 10.3 Å². The van der Waals surface area contributed by atoms with Crippen LogP contribution in [0.5, 0.6) is 0 Å². The monoisotopic (exact) mass is 345 g/mol. The molecule has 0 bridgehead atoms. The van der Waals surface area contributed by atoms with Crippen molar-refractivity contribution in [3.05, 3.63) is 75.5 Å². The lowest BCUT2D eigenvalue weighted by molar-refractivity contribution is -0.121. The number of H-pyrrole nitrogens is 1. The third-order valence-electron chi connectivity index (χ3n) is 3.56. The number of amides is 1. The van der Waals surface area contributed by atoms with Gasteiger partial charge in [-0.25, -0.2) is 4.98 Å². The average Bonchev–Trinajstić information content (AvgIpc) is 3.25. The van der Waals surface area contributed by atoms with E-state index in [1.165, 1.54) is 0 Å². The van der Waals surface area contributed by atoms with E-state index < -0.39 is 0 Å². The number of hydrogen-bond acceptors (Lipinski definition) is 3. The van der Waals surface area contributed by atoms with Crippen molar-refractivity contribution in [2.24, 2.45) is 0 Å².